The normalized spacial score (nSPS) is 10.9. The molecule has 9 heteroatoms. The fourth-order valence-corrected chi connectivity index (χ4v) is 2.75. The van der Waals surface area contributed by atoms with E-state index < -0.39 is 0 Å². The number of carbonyl (C=O) groups is 1. The minimum atomic E-state index is -0.197. The van der Waals surface area contributed by atoms with Crippen molar-refractivity contribution in [2.24, 2.45) is 0 Å². The predicted molar refractivity (Wildman–Crippen MR) is 101 cm³/mol. The topological polar surface area (TPSA) is 107 Å². The number of fused-ring (bicyclic) bond motifs is 1. The van der Waals surface area contributed by atoms with Gasteiger partial charge in [0, 0.05) is 11.9 Å². The molecule has 28 heavy (non-hydrogen) atoms. The standard InChI is InChI=1S/C19H18N6O3/c1-3-27-15-7-5-14(6-8-15)21-18(26)10-17-23-22-16-9-4-13(11-25(16)17)19-20-12(2)24-28-19/h4-9,11H,3,10H2,1-2H3,(H,21,26). The molecule has 0 atom stereocenters. The molecule has 0 aliphatic heterocycles. The minimum absolute atomic E-state index is 0.0701. The Balaban J connectivity index is 1.51. The van der Waals surface area contributed by atoms with Gasteiger partial charge in [-0.3, -0.25) is 9.20 Å². The number of benzene rings is 1. The van der Waals surface area contributed by atoms with Crippen LogP contribution >= 0.6 is 0 Å². The Morgan fingerprint density at radius 2 is 2.00 bits per heavy atom. The summed E-state index contributed by atoms with van der Waals surface area (Å²) in [6, 6.07) is 10.8. The van der Waals surface area contributed by atoms with Crippen LogP contribution in [0.1, 0.15) is 18.6 Å². The number of amides is 1. The number of pyridine rings is 1. The van der Waals surface area contributed by atoms with Crippen LogP contribution in [0.25, 0.3) is 17.1 Å². The number of anilines is 1. The lowest BCUT2D eigenvalue weighted by molar-refractivity contribution is -0.115. The number of nitrogens with zero attached hydrogens (tertiary/aromatic N) is 5. The average Bonchev–Trinajstić information content (AvgIpc) is 3.30. The lowest BCUT2D eigenvalue weighted by Gasteiger charge is -2.07. The Kier molecular flexibility index (Phi) is 4.71. The molecular weight excluding hydrogens is 360 g/mol. The number of ether oxygens (including phenoxy) is 1. The molecule has 1 N–H and O–H groups in total. The van der Waals surface area contributed by atoms with Crippen LogP contribution in [0.4, 0.5) is 5.69 Å². The highest BCUT2D eigenvalue weighted by atomic mass is 16.5. The van der Waals surface area contributed by atoms with Crippen molar-refractivity contribution in [1.29, 1.82) is 0 Å². The van der Waals surface area contributed by atoms with Crippen LogP contribution in [-0.4, -0.2) is 37.3 Å². The Hall–Kier alpha value is -3.75. The SMILES string of the molecule is CCOc1ccc(NC(=O)Cc2nnc3ccc(-c4nc(C)no4)cn23)cc1. The van der Waals surface area contributed by atoms with Crippen LogP contribution in [0.5, 0.6) is 5.75 Å². The molecule has 0 aliphatic rings. The second-order valence-corrected chi connectivity index (χ2v) is 6.09. The lowest BCUT2D eigenvalue weighted by Crippen LogP contribution is -2.16. The molecule has 9 nitrogen and oxygen atoms in total. The highest BCUT2D eigenvalue weighted by molar-refractivity contribution is 5.92. The maximum Gasteiger partial charge on any atom is 0.259 e. The van der Waals surface area contributed by atoms with Gasteiger partial charge in [-0.25, -0.2) is 0 Å². The monoisotopic (exact) mass is 378 g/mol. The van der Waals surface area contributed by atoms with Crippen LogP contribution in [0.15, 0.2) is 47.1 Å². The second-order valence-electron chi connectivity index (χ2n) is 6.09. The molecule has 0 unspecified atom stereocenters. The van der Waals surface area contributed by atoms with E-state index in [1.165, 1.54) is 0 Å². The molecule has 142 valence electrons. The molecule has 0 bridgehead atoms. The zero-order valence-corrected chi connectivity index (χ0v) is 15.4. The lowest BCUT2D eigenvalue weighted by atomic mass is 10.2. The maximum atomic E-state index is 12.4. The van der Waals surface area contributed by atoms with Crippen molar-refractivity contribution < 1.29 is 14.1 Å². The molecule has 0 radical (unpaired) electrons. The van der Waals surface area contributed by atoms with Gasteiger partial charge in [-0.2, -0.15) is 4.98 Å². The predicted octanol–water partition coefficient (Wildman–Crippen LogP) is 2.67. The molecule has 0 saturated carbocycles. The summed E-state index contributed by atoms with van der Waals surface area (Å²) >= 11 is 0. The summed E-state index contributed by atoms with van der Waals surface area (Å²) in [5.41, 5.74) is 2.04. The molecule has 4 rings (SSSR count). The smallest absolute Gasteiger partial charge is 0.259 e. The van der Waals surface area contributed by atoms with E-state index in [0.29, 0.717) is 35.5 Å². The van der Waals surface area contributed by atoms with Gasteiger partial charge in [0.15, 0.2) is 11.5 Å². The summed E-state index contributed by atoms with van der Waals surface area (Å²) in [6.07, 6.45) is 1.85. The van der Waals surface area contributed by atoms with Gasteiger partial charge in [0.1, 0.15) is 11.6 Å². The van der Waals surface area contributed by atoms with Crippen molar-refractivity contribution in [3.63, 3.8) is 0 Å². The number of aromatic nitrogens is 5. The Labute approximate surface area is 160 Å². The molecule has 0 aliphatic carbocycles. The van der Waals surface area contributed by atoms with Gasteiger partial charge in [-0.1, -0.05) is 5.16 Å². The second kappa shape index (κ2) is 7.47. The largest absolute Gasteiger partial charge is 0.494 e. The first-order valence-electron chi connectivity index (χ1n) is 8.79. The van der Waals surface area contributed by atoms with Gasteiger partial charge in [0.2, 0.25) is 5.91 Å². The van der Waals surface area contributed by atoms with E-state index in [0.717, 1.165) is 11.3 Å². The summed E-state index contributed by atoms with van der Waals surface area (Å²) in [5, 5.41) is 14.9. The maximum absolute atomic E-state index is 12.4. The van der Waals surface area contributed by atoms with Crippen molar-refractivity contribution in [3.8, 4) is 17.2 Å². The molecule has 0 fully saturated rings. The number of rotatable bonds is 6. The Morgan fingerprint density at radius 3 is 2.71 bits per heavy atom. The van der Waals surface area contributed by atoms with Gasteiger partial charge in [-0.05, 0) is 50.2 Å². The highest BCUT2D eigenvalue weighted by Crippen LogP contribution is 2.19. The van der Waals surface area contributed by atoms with Gasteiger partial charge in [0.05, 0.1) is 18.6 Å². The van der Waals surface area contributed by atoms with Crippen molar-refractivity contribution in [2.75, 3.05) is 11.9 Å². The third-order valence-corrected chi connectivity index (χ3v) is 4.02. The van der Waals surface area contributed by atoms with Crippen LogP contribution in [0, 0.1) is 6.92 Å². The van der Waals surface area contributed by atoms with E-state index in [4.69, 9.17) is 9.26 Å². The van der Waals surface area contributed by atoms with Gasteiger partial charge in [-0.15, -0.1) is 10.2 Å². The fourth-order valence-electron chi connectivity index (χ4n) is 2.75. The quantitative estimate of drug-likeness (QED) is 0.549. The van der Waals surface area contributed by atoms with E-state index in [-0.39, 0.29) is 12.3 Å². The molecule has 1 amide bonds. The zero-order valence-electron chi connectivity index (χ0n) is 15.4. The number of nitrogens with one attached hydrogen (secondary N) is 1. The third kappa shape index (κ3) is 3.68. The first-order valence-corrected chi connectivity index (χ1v) is 8.79. The van der Waals surface area contributed by atoms with Crippen molar-refractivity contribution in [2.45, 2.75) is 20.3 Å². The minimum Gasteiger partial charge on any atom is -0.494 e. The number of hydrogen-bond acceptors (Lipinski definition) is 7. The Bertz CT molecular complexity index is 1120. The first-order chi connectivity index (χ1) is 13.6. The molecule has 0 saturated heterocycles. The summed E-state index contributed by atoms with van der Waals surface area (Å²) < 4.78 is 12.3. The molecule has 3 heterocycles. The van der Waals surface area contributed by atoms with Crippen LogP contribution in [0.2, 0.25) is 0 Å². The van der Waals surface area contributed by atoms with Crippen LogP contribution in [-0.2, 0) is 11.2 Å². The summed E-state index contributed by atoms with van der Waals surface area (Å²) in [6.45, 7) is 4.27. The molecule has 4 aromatic rings. The van der Waals surface area contributed by atoms with E-state index in [2.05, 4.69) is 25.7 Å². The number of hydrogen-bond donors (Lipinski definition) is 1. The van der Waals surface area contributed by atoms with Gasteiger partial charge >= 0.3 is 0 Å². The number of aryl methyl sites for hydroxylation is 1. The van der Waals surface area contributed by atoms with Crippen molar-refractivity contribution in [3.05, 3.63) is 54.2 Å². The highest BCUT2D eigenvalue weighted by Gasteiger charge is 2.14. The van der Waals surface area contributed by atoms with Crippen LogP contribution < -0.4 is 10.1 Å². The number of carbonyl (C=O) groups excluding carboxylic acids is 1. The van der Waals surface area contributed by atoms with Crippen molar-refractivity contribution in [1.82, 2.24) is 24.7 Å². The molecule has 3 aromatic heterocycles. The molecular formula is C19H18N6O3. The fraction of sp³-hybridized carbons (Fsp3) is 0.211. The first kappa shape index (κ1) is 17.7. The molecule has 0 spiro atoms. The summed E-state index contributed by atoms with van der Waals surface area (Å²) in [4.78, 5) is 16.6. The average molecular weight is 378 g/mol. The zero-order chi connectivity index (χ0) is 19.5. The summed E-state index contributed by atoms with van der Waals surface area (Å²) in [5.74, 6) is 2.02. The van der Waals surface area contributed by atoms with E-state index in [9.17, 15) is 4.79 Å². The third-order valence-electron chi connectivity index (χ3n) is 4.02. The van der Waals surface area contributed by atoms with Gasteiger partial charge in [0.25, 0.3) is 5.89 Å². The summed E-state index contributed by atoms with van der Waals surface area (Å²) in [7, 11) is 0. The van der Waals surface area contributed by atoms with Crippen molar-refractivity contribution >= 4 is 17.2 Å². The van der Waals surface area contributed by atoms with E-state index >= 15 is 0 Å². The van der Waals surface area contributed by atoms with Gasteiger partial charge < -0.3 is 14.6 Å². The Morgan fingerprint density at radius 1 is 1.18 bits per heavy atom. The van der Waals surface area contributed by atoms with Crippen LogP contribution in [0.3, 0.4) is 0 Å². The molecule has 1 aromatic carbocycles. The van der Waals surface area contributed by atoms with E-state index in [1.54, 1.807) is 35.7 Å². The van der Waals surface area contributed by atoms with E-state index in [1.807, 2.05) is 25.1 Å².